The van der Waals surface area contributed by atoms with E-state index in [-0.39, 0.29) is 11.7 Å². The van der Waals surface area contributed by atoms with Gasteiger partial charge in [0, 0.05) is 17.5 Å². The van der Waals surface area contributed by atoms with E-state index in [1.165, 1.54) is 17.4 Å². The molecule has 0 spiro atoms. The molecule has 6 heteroatoms. The summed E-state index contributed by atoms with van der Waals surface area (Å²) in [5.41, 5.74) is 0. The van der Waals surface area contributed by atoms with Gasteiger partial charge in [0.1, 0.15) is 5.76 Å². The van der Waals surface area contributed by atoms with Crippen LogP contribution < -0.4 is 0 Å². The van der Waals surface area contributed by atoms with Crippen LogP contribution in [0.2, 0.25) is 4.34 Å². The van der Waals surface area contributed by atoms with Gasteiger partial charge in [-0.2, -0.15) is 0 Å². The normalized spacial score (nSPS) is 13.6. The minimum atomic E-state index is -0.573. The van der Waals surface area contributed by atoms with Crippen molar-refractivity contribution in [2.75, 3.05) is 6.54 Å². The maximum Gasteiger partial charge on any atom is 0.250 e. The second kappa shape index (κ2) is 7.91. The zero-order chi connectivity index (χ0) is 15.3. The molecule has 0 aliphatic rings. The standard InChI is InChI=1S/C14H19Cl2NO2S/c1-9(2)7-17(8-11-4-5-13(16)20-11)14(19)6-12(18)10(3)15/h4-6,9-10,18H,7-8H2,1-3H3/b12-6-. The average Bonchev–Trinajstić information content (AvgIpc) is 2.73. The number of carbonyl (C=O) groups is 1. The maximum absolute atomic E-state index is 12.2. The van der Waals surface area contributed by atoms with Gasteiger partial charge in [0.25, 0.3) is 0 Å². The van der Waals surface area contributed by atoms with Gasteiger partial charge in [0.2, 0.25) is 5.91 Å². The largest absolute Gasteiger partial charge is 0.511 e. The van der Waals surface area contributed by atoms with Crippen LogP contribution in [-0.4, -0.2) is 27.8 Å². The number of thiophene rings is 1. The summed E-state index contributed by atoms with van der Waals surface area (Å²) in [4.78, 5) is 14.9. The lowest BCUT2D eigenvalue weighted by Crippen LogP contribution is -2.32. The van der Waals surface area contributed by atoms with E-state index in [0.717, 1.165) is 4.88 Å². The average molecular weight is 336 g/mol. The summed E-state index contributed by atoms with van der Waals surface area (Å²) < 4.78 is 0.699. The van der Waals surface area contributed by atoms with Crippen molar-refractivity contribution in [3.63, 3.8) is 0 Å². The fourth-order valence-electron chi connectivity index (χ4n) is 1.63. The zero-order valence-corrected chi connectivity index (χ0v) is 14.1. The molecule has 1 amide bonds. The number of aliphatic hydroxyl groups excluding tert-OH is 1. The van der Waals surface area contributed by atoms with Crippen molar-refractivity contribution in [2.24, 2.45) is 5.92 Å². The van der Waals surface area contributed by atoms with Crippen LogP contribution >= 0.6 is 34.5 Å². The van der Waals surface area contributed by atoms with Crippen LogP contribution in [-0.2, 0) is 11.3 Å². The summed E-state index contributed by atoms with van der Waals surface area (Å²) in [7, 11) is 0. The molecule has 112 valence electrons. The Morgan fingerprint density at radius 3 is 2.55 bits per heavy atom. The Labute approximate surface area is 133 Å². The molecule has 1 aromatic heterocycles. The third-order valence-electron chi connectivity index (χ3n) is 2.55. The van der Waals surface area contributed by atoms with Crippen LogP contribution in [0, 0.1) is 5.92 Å². The van der Waals surface area contributed by atoms with E-state index < -0.39 is 5.38 Å². The third-order valence-corrected chi connectivity index (χ3v) is 3.99. The Morgan fingerprint density at radius 2 is 2.10 bits per heavy atom. The molecule has 20 heavy (non-hydrogen) atoms. The molecule has 3 nitrogen and oxygen atoms in total. The zero-order valence-electron chi connectivity index (χ0n) is 11.8. The Balaban J connectivity index is 2.83. The molecule has 1 atom stereocenters. The van der Waals surface area contributed by atoms with Gasteiger partial charge in [-0.05, 0) is 25.0 Å². The minimum Gasteiger partial charge on any atom is -0.511 e. The lowest BCUT2D eigenvalue weighted by atomic mass is 10.2. The minimum absolute atomic E-state index is 0.116. The smallest absolute Gasteiger partial charge is 0.250 e. The number of alkyl halides is 1. The van der Waals surface area contributed by atoms with Crippen LogP contribution in [0.25, 0.3) is 0 Å². The van der Waals surface area contributed by atoms with Crippen molar-refractivity contribution in [1.82, 2.24) is 4.90 Å². The van der Waals surface area contributed by atoms with Crippen molar-refractivity contribution in [2.45, 2.75) is 32.7 Å². The lowest BCUT2D eigenvalue weighted by Gasteiger charge is -2.23. The van der Waals surface area contributed by atoms with Crippen LogP contribution in [0.1, 0.15) is 25.6 Å². The second-order valence-corrected chi connectivity index (χ2v) is 7.46. The number of halogens is 2. The Morgan fingerprint density at radius 1 is 1.45 bits per heavy atom. The number of hydrogen-bond acceptors (Lipinski definition) is 3. The monoisotopic (exact) mass is 335 g/mol. The fraction of sp³-hybridized carbons (Fsp3) is 0.500. The first kappa shape index (κ1) is 17.3. The van der Waals surface area contributed by atoms with E-state index in [0.29, 0.717) is 23.3 Å². The molecular formula is C14H19Cl2NO2S. The predicted octanol–water partition coefficient (Wildman–Crippen LogP) is 4.46. The molecule has 1 aromatic rings. The highest BCUT2D eigenvalue weighted by atomic mass is 35.5. The molecule has 0 saturated heterocycles. The van der Waals surface area contributed by atoms with E-state index in [1.807, 2.05) is 26.0 Å². The molecule has 0 bridgehead atoms. The van der Waals surface area contributed by atoms with Crippen LogP contribution in [0.4, 0.5) is 0 Å². The summed E-state index contributed by atoms with van der Waals surface area (Å²) in [6.07, 6.45) is 1.19. The highest BCUT2D eigenvalue weighted by molar-refractivity contribution is 7.16. The van der Waals surface area contributed by atoms with E-state index in [9.17, 15) is 9.90 Å². The van der Waals surface area contributed by atoms with Gasteiger partial charge in [-0.1, -0.05) is 25.4 Å². The van der Waals surface area contributed by atoms with Crippen molar-refractivity contribution in [3.8, 4) is 0 Å². The molecule has 1 heterocycles. The first-order chi connectivity index (χ1) is 9.29. The number of rotatable bonds is 6. The predicted molar refractivity (Wildman–Crippen MR) is 85.6 cm³/mol. The summed E-state index contributed by atoms with van der Waals surface area (Å²) in [6.45, 7) is 6.78. The Hall–Kier alpha value is -0.710. The number of allylic oxidation sites excluding steroid dienone is 1. The van der Waals surface area contributed by atoms with Gasteiger partial charge in [-0.15, -0.1) is 22.9 Å². The van der Waals surface area contributed by atoms with Crippen molar-refractivity contribution >= 4 is 40.4 Å². The van der Waals surface area contributed by atoms with E-state index in [2.05, 4.69) is 0 Å². The molecule has 0 aromatic carbocycles. The highest BCUT2D eigenvalue weighted by Gasteiger charge is 2.16. The molecular weight excluding hydrogens is 317 g/mol. The van der Waals surface area contributed by atoms with Gasteiger partial charge in [-0.25, -0.2) is 0 Å². The Kier molecular flexibility index (Phi) is 6.86. The van der Waals surface area contributed by atoms with Gasteiger partial charge < -0.3 is 10.0 Å². The first-order valence-corrected chi connectivity index (χ1v) is 8.00. The van der Waals surface area contributed by atoms with E-state index >= 15 is 0 Å². The molecule has 0 radical (unpaired) electrons. The van der Waals surface area contributed by atoms with Gasteiger partial charge in [-0.3, -0.25) is 4.79 Å². The fourth-order valence-corrected chi connectivity index (χ4v) is 2.80. The number of amides is 1. The topological polar surface area (TPSA) is 40.5 Å². The quantitative estimate of drug-likeness (QED) is 0.473. The summed E-state index contributed by atoms with van der Waals surface area (Å²) in [6, 6.07) is 3.72. The molecule has 0 saturated carbocycles. The number of nitrogens with zero attached hydrogens (tertiary/aromatic N) is 1. The number of carbonyl (C=O) groups excluding carboxylic acids is 1. The van der Waals surface area contributed by atoms with Crippen molar-refractivity contribution < 1.29 is 9.90 Å². The van der Waals surface area contributed by atoms with Gasteiger partial charge >= 0.3 is 0 Å². The van der Waals surface area contributed by atoms with Crippen LogP contribution in [0.3, 0.4) is 0 Å². The Bertz CT molecular complexity index is 483. The number of hydrogen-bond donors (Lipinski definition) is 1. The first-order valence-electron chi connectivity index (χ1n) is 6.37. The van der Waals surface area contributed by atoms with Gasteiger partial charge in [0.05, 0.1) is 16.3 Å². The SMILES string of the molecule is CC(C)CN(Cc1ccc(Cl)s1)C(=O)/C=C(\O)C(C)Cl. The van der Waals surface area contributed by atoms with Crippen molar-refractivity contribution in [1.29, 1.82) is 0 Å². The van der Waals surface area contributed by atoms with Crippen LogP contribution in [0.15, 0.2) is 24.0 Å². The summed E-state index contributed by atoms with van der Waals surface area (Å²) >= 11 is 13.1. The molecule has 0 aliphatic carbocycles. The molecule has 0 aliphatic heterocycles. The number of aliphatic hydroxyl groups is 1. The highest BCUT2D eigenvalue weighted by Crippen LogP contribution is 2.23. The molecule has 1 rings (SSSR count). The summed E-state index contributed by atoms with van der Waals surface area (Å²) in [5.74, 6) is -0.0267. The van der Waals surface area contributed by atoms with E-state index in [1.54, 1.807) is 11.8 Å². The maximum atomic E-state index is 12.2. The van der Waals surface area contributed by atoms with E-state index in [4.69, 9.17) is 23.2 Å². The van der Waals surface area contributed by atoms with Gasteiger partial charge in [0.15, 0.2) is 0 Å². The summed E-state index contributed by atoms with van der Waals surface area (Å²) in [5, 5.41) is 9.04. The molecule has 0 fully saturated rings. The lowest BCUT2D eigenvalue weighted by molar-refractivity contribution is -0.127. The molecule has 1 unspecified atom stereocenters. The van der Waals surface area contributed by atoms with Crippen molar-refractivity contribution in [3.05, 3.63) is 33.2 Å². The second-order valence-electron chi connectivity index (χ2n) is 5.00. The molecule has 1 N–H and O–H groups in total. The third kappa shape index (κ3) is 5.73. The van der Waals surface area contributed by atoms with Crippen LogP contribution in [0.5, 0.6) is 0 Å².